The molecule has 0 fully saturated rings. The van der Waals surface area contributed by atoms with E-state index >= 15 is 0 Å². The third-order valence-electron chi connectivity index (χ3n) is 1.86. The molecule has 4 heteroatoms. The van der Waals surface area contributed by atoms with Crippen molar-refractivity contribution < 1.29 is 14.6 Å². The van der Waals surface area contributed by atoms with E-state index in [1.807, 2.05) is 6.92 Å². The van der Waals surface area contributed by atoms with Crippen molar-refractivity contribution in [3.63, 3.8) is 0 Å². The van der Waals surface area contributed by atoms with E-state index < -0.39 is 5.97 Å². The number of rotatable bonds is 4. The molecule has 0 amide bonds. The summed E-state index contributed by atoms with van der Waals surface area (Å²) in [7, 11) is 0. The molecule has 15 heavy (non-hydrogen) atoms. The summed E-state index contributed by atoms with van der Waals surface area (Å²) < 4.78 is 4.95. The Bertz CT molecular complexity index is 312. The van der Waals surface area contributed by atoms with Gasteiger partial charge in [-0.05, 0) is 18.6 Å². The molecule has 0 saturated heterocycles. The molecule has 0 aromatic heterocycles. The van der Waals surface area contributed by atoms with Crippen LogP contribution in [0.2, 0.25) is 0 Å². The Kier molecular flexibility index (Phi) is 7.83. The Morgan fingerprint density at radius 3 is 2.67 bits per heavy atom. The Morgan fingerprint density at radius 1 is 1.40 bits per heavy atom. The Balaban J connectivity index is 0.00000196. The van der Waals surface area contributed by atoms with E-state index in [9.17, 15) is 9.90 Å². The molecule has 1 aromatic carbocycles. The fraction of sp³-hybridized carbons (Fsp3) is 0.364. The molecule has 1 rings (SSSR count). The first kappa shape index (κ1) is 14.7. The van der Waals surface area contributed by atoms with E-state index in [0.717, 1.165) is 12.8 Å². The Morgan fingerprint density at radius 2 is 2.07 bits per heavy atom. The molecule has 0 atom stereocenters. The number of phenolic OH excluding ortho intramolecular Hbond substituents is 1. The molecule has 3 nitrogen and oxygen atoms in total. The van der Waals surface area contributed by atoms with Crippen molar-refractivity contribution in [2.45, 2.75) is 19.8 Å². The monoisotopic (exact) mass is 236 g/mol. The van der Waals surface area contributed by atoms with Crippen molar-refractivity contribution in [1.29, 1.82) is 0 Å². The van der Waals surface area contributed by atoms with Crippen LogP contribution in [-0.2, 0) is 4.74 Å². The van der Waals surface area contributed by atoms with Crippen LogP contribution in [0.15, 0.2) is 24.3 Å². The van der Waals surface area contributed by atoms with Gasteiger partial charge in [0.05, 0.1) is 6.61 Å². The number of ether oxygens (including phenoxy) is 1. The third-order valence-corrected chi connectivity index (χ3v) is 1.86. The molecule has 80 valence electrons. The van der Waals surface area contributed by atoms with Gasteiger partial charge >= 0.3 is 43.7 Å². The predicted octanol–water partition coefficient (Wildman–Crippen LogP) is 1.43. The van der Waals surface area contributed by atoms with Crippen molar-refractivity contribution in [3.8, 4) is 5.75 Å². The first-order chi connectivity index (χ1) is 6.75. The van der Waals surface area contributed by atoms with Crippen molar-refractivity contribution in [3.05, 3.63) is 29.8 Å². The van der Waals surface area contributed by atoms with Crippen LogP contribution in [0.1, 0.15) is 30.1 Å². The number of para-hydroxylation sites is 1. The van der Waals surface area contributed by atoms with Crippen molar-refractivity contribution in [2.75, 3.05) is 6.61 Å². The van der Waals surface area contributed by atoms with Crippen molar-refractivity contribution in [1.82, 2.24) is 0 Å². The van der Waals surface area contributed by atoms with E-state index in [1.54, 1.807) is 18.2 Å². The SMILES string of the molecule is CCCCOC(=O)c1ccccc1O.[CaH2]. The molecule has 0 aliphatic rings. The van der Waals surface area contributed by atoms with Crippen LogP contribution < -0.4 is 0 Å². The summed E-state index contributed by atoms with van der Waals surface area (Å²) >= 11 is 0. The topological polar surface area (TPSA) is 46.5 Å². The zero-order chi connectivity index (χ0) is 10.4. The van der Waals surface area contributed by atoms with Gasteiger partial charge < -0.3 is 9.84 Å². The predicted molar refractivity (Wildman–Crippen MR) is 61.8 cm³/mol. The van der Waals surface area contributed by atoms with E-state index in [2.05, 4.69) is 0 Å². The average Bonchev–Trinajstić information content (AvgIpc) is 2.18. The number of benzene rings is 1. The van der Waals surface area contributed by atoms with Gasteiger partial charge in [0, 0.05) is 0 Å². The van der Waals surface area contributed by atoms with Crippen molar-refractivity contribution >= 4 is 43.7 Å². The molecule has 1 aromatic rings. The summed E-state index contributed by atoms with van der Waals surface area (Å²) in [6, 6.07) is 6.37. The molecule has 0 bridgehead atoms. The van der Waals surface area contributed by atoms with E-state index in [1.165, 1.54) is 6.07 Å². The van der Waals surface area contributed by atoms with Gasteiger partial charge in [0.2, 0.25) is 0 Å². The molecule has 0 heterocycles. The average molecular weight is 236 g/mol. The molecule has 1 N–H and O–H groups in total. The molecule has 0 saturated carbocycles. The second kappa shape index (κ2) is 7.97. The first-order valence-corrected chi connectivity index (χ1v) is 4.70. The number of unbranched alkanes of at least 4 members (excludes halogenated alkanes) is 1. The van der Waals surface area contributed by atoms with Gasteiger partial charge in [-0.1, -0.05) is 25.5 Å². The van der Waals surface area contributed by atoms with Crippen LogP contribution in [0.4, 0.5) is 0 Å². The number of hydrogen-bond acceptors (Lipinski definition) is 3. The van der Waals surface area contributed by atoms with Gasteiger partial charge in [-0.15, -0.1) is 0 Å². The third kappa shape index (κ3) is 4.87. The van der Waals surface area contributed by atoms with Gasteiger partial charge in [0.1, 0.15) is 11.3 Å². The fourth-order valence-corrected chi connectivity index (χ4v) is 1.03. The first-order valence-electron chi connectivity index (χ1n) is 4.70. The number of aromatic hydroxyl groups is 1. The van der Waals surface area contributed by atoms with E-state index in [-0.39, 0.29) is 49.1 Å². The number of phenols is 1. The maximum atomic E-state index is 11.4. The maximum absolute atomic E-state index is 11.4. The Hall–Kier alpha value is -0.250. The molecule has 0 unspecified atom stereocenters. The number of hydrogen-bond donors (Lipinski definition) is 1. The second-order valence-corrected chi connectivity index (χ2v) is 3.01. The number of carbonyl (C=O) groups excluding carboxylic acids is 1. The summed E-state index contributed by atoms with van der Waals surface area (Å²) in [5.41, 5.74) is 0.226. The van der Waals surface area contributed by atoms with Crippen LogP contribution in [0.3, 0.4) is 0 Å². The minimum absolute atomic E-state index is 0. The fourth-order valence-electron chi connectivity index (χ4n) is 1.03. The molecular formula is C11H16CaO3. The van der Waals surface area contributed by atoms with Gasteiger partial charge in [-0.25, -0.2) is 4.79 Å². The summed E-state index contributed by atoms with van der Waals surface area (Å²) in [4.78, 5) is 11.4. The molecule has 0 aliphatic heterocycles. The number of carbonyl (C=O) groups is 1. The minimum atomic E-state index is -0.462. The summed E-state index contributed by atoms with van der Waals surface area (Å²) in [5.74, 6) is -0.495. The van der Waals surface area contributed by atoms with E-state index in [0.29, 0.717) is 6.61 Å². The van der Waals surface area contributed by atoms with Gasteiger partial charge in [-0.2, -0.15) is 0 Å². The number of esters is 1. The van der Waals surface area contributed by atoms with Crippen LogP contribution in [0.5, 0.6) is 5.75 Å². The molecule has 0 radical (unpaired) electrons. The summed E-state index contributed by atoms with van der Waals surface area (Å²) in [6.07, 6.45) is 1.83. The molecular weight excluding hydrogens is 220 g/mol. The second-order valence-electron chi connectivity index (χ2n) is 3.01. The van der Waals surface area contributed by atoms with Crippen LogP contribution >= 0.6 is 0 Å². The van der Waals surface area contributed by atoms with Crippen molar-refractivity contribution in [2.24, 2.45) is 0 Å². The van der Waals surface area contributed by atoms with Crippen LogP contribution in [0.25, 0.3) is 0 Å². The van der Waals surface area contributed by atoms with Gasteiger partial charge in [0.15, 0.2) is 0 Å². The Labute approximate surface area is 119 Å². The quantitative estimate of drug-likeness (QED) is 0.489. The van der Waals surface area contributed by atoms with Crippen LogP contribution in [-0.4, -0.2) is 55.4 Å². The van der Waals surface area contributed by atoms with E-state index in [4.69, 9.17) is 4.74 Å². The summed E-state index contributed by atoms with van der Waals surface area (Å²) in [6.45, 7) is 2.43. The van der Waals surface area contributed by atoms with Crippen LogP contribution in [0, 0.1) is 0 Å². The normalized spacial score (nSPS) is 9.13. The summed E-state index contributed by atoms with van der Waals surface area (Å²) in [5, 5.41) is 9.34. The zero-order valence-corrected chi connectivity index (χ0v) is 8.19. The zero-order valence-electron chi connectivity index (χ0n) is 8.19. The molecule has 0 aliphatic carbocycles. The molecule has 0 spiro atoms. The van der Waals surface area contributed by atoms with Gasteiger partial charge in [0.25, 0.3) is 0 Å². The van der Waals surface area contributed by atoms with Gasteiger partial charge in [-0.3, -0.25) is 0 Å². The standard InChI is InChI=1S/C11H14O3.Ca.2H/c1-2-3-8-14-11(13)9-6-4-5-7-10(9)12;;;/h4-7,12H,2-3,8H2,1H3;;;.